The van der Waals surface area contributed by atoms with Gasteiger partial charge < -0.3 is 10.6 Å². The van der Waals surface area contributed by atoms with E-state index in [1.165, 1.54) is 27.7 Å². The van der Waals surface area contributed by atoms with Gasteiger partial charge in [-0.25, -0.2) is 0 Å². The SMILES string of the molecule is Cc1sc(-c2ccc(Nc3ccc(C#N)cc3)cc2)c(C)c1C1=C(c2c(C)sc(-c3ccc(Nc4ccc(C#N)cc4)cc3)c2C)C(F)(F)C(F)(F)C1(F)F. The molecule has 0 amide bonds. The molecule has 0 atom stereocenters. The number of allylic oxidation sites excluding steroid dienone is 2. The van der Waals surface area contributed by atoms with Crippen molar-refractivity contribution in [1.82, 2.24) is 0 Å². The number of nitrogens with zero attached hydrogens (tertiary/aromatic N) is 2. The minimum atomic E-state index is -5.69. The molecule has 4 aromatic carbocycles. The lowest BCUT2D eigenvalue weighted by atomic mass is 9.90. The standard InChI is InChI=1S/C43H30F6N4S2/c1-23-35(25(3)54-39(23)29-9-17-33(18-10-29)52-31-13-5-27(21-50)6-14-31)37-38(42(46,47)43(48,49)41(37,44)45)36-24(2)40(55-26(36)4)30-11-19-34(20-12-30)53-32-15-7-28(22-51)8-16-32/h5-20,52-53H,1-4H3. The summed E-state index contributed by atoms with van der Waals surface area (Å²) in [5.41, 5.74) is 2.17. The van der Waals surface area contributed by atoms with E-state index >= 15 is 26.3 Å². The Hall–Kier alpha value is -5.82. The summed E-state index contributed by atoms with van der Waals surface area (Å²) in [6.07, 6.45) is 0. The molecule has 0 saturated carbocycles. The van der Waals surface area contributed by atoms with E-state index < -0.39 is 28.9 Å². The minimum absolute atomic E-state index is 0.201. The van der Waals surface area contributed by atoms with Crippen LogP contribution in [0.15, 0.2) is 97.1 Å². The van der Waals surface area contributed by atoms with Crippen LogP contribution >= 0.6 is 22.7 Å². The Balaban J connectivity index is 1.28. The zero-order valence-electron chi connectivity index (χ0n) is 29.7. The summed E-state index contributed by atoms with van der Waals surface area (Å²) in [5, 5.41) is 24.5. The molecule has 1 aliphatic carbocycles. The number of thiophene rings is 2. The quantitative estimate of drug-likeness (QED) is 0.151. The van der Waals surface area contributed by atoms with Crippen LogP contribution in [0.1, 0.15) is 43.1 Å². The van der Waals surface area contributed by atoms with Gasteiger partial charge in [0.1, 0.15) is 0 Å². The van der Waals surface area contributed by atoms with Gasteiger partial charge in [0, 0.05) is 64.5 Å². The maximum Gasteiger partial charge on any atom is 0.380 e. The molecule has 6 aromatic rings. The van der Waals surface area contributed by atoms with Crippen molar-refractivity contribution in [3.8, 4) is 33.0 Å². The van der Waals surface area contributed by atoms with Crippen LogP contribution in [0.3, 0.4) is 0 Å². The maximum atomic E-state index is 16.1. The van der Waals surface area contributed by atoms with Crippen LogP contribution in [-0.4, -0.2) is 17.8 Å². The van der Waals surface area contributed by atoms with E-state index in [4.69, 9.17) is 10.5 Å². The van der Waals surface area contributed by atoms with Crippen molar-refractivity contribution < 1.29 is 26.3 Å². The van der Waals surface area contributed by atoms with Gasteiger partial charge in [0.25, 0.3) is 0 Å². The van der Waals surface area contributed by atoms with Crippen LogP contribution in [0.25, 0.3) is 32.0 Å². The van der Waals surface area contributed by atoms with Crippen molar-refractivity contribution in [2.45, 2.75) is 45.5 Å². The molecule has 0 bridgehead atoms. The Morgan fingerprint density at radius 1 is 0.473 bits per heavy atom. The third-order valence-corrected chi connectivity index (χ3v) is 12.2. The molecule has 2 heterocycles. The summed E-state index contributed by atoms with van der Waals surface area (Å²) in [4.78, 5) is 1.41. The molecule has 276 valence electrons. The van der Waals surface area contributed by atoms with Gasteiger partial charge in [-0.1, -0.05) is 24.3 Å². The van der Waals surface area contributed by atoms with Crippen LogP contribution in [-0.2, 0) is 0 Å². The van der Waals surface area contributed by atoms with Gasteiger partial charge >= 0.3 is 17.8 Å². The highest BCUT2D eigenvalue weighted by atomic mass is 32.1. The van der Waals surface area contributed by atoms with Gasteiger partial charge in [-0.05, 0) is 123 Å². The number of halogens is 6. The molecule has 0 unspecified atom stereocenters. The number of benzene rings is 4. The molecule has 1 aliphatic rings. The average Bonchev–Trinajstić information content (AvgIpc) is 3.66. The Morgan fingerprint density at radius 3 is 1.05 bits per heavy atom. The summed E-state index contributed by atoms with van der Waals surface area (Å²) in [7, 11) is 0. The van der Waals surface area contributed by atoms with Crippen LogP contribution < -0.4 is 10.6 Å². The second-order valence-corrected chi connectivity index (χ2v) is 15.7. The summed E-state index contributed by atoms with van der Waals surface area (Å²) in [5.74, 6) is -16.1. The van der Waals surface area contributed by atoms with Crippen LogP contribution in [0.2, 0.25) is 0 Å². The fourth-order valence-corrected chi connectivity index (χ4v) is 9.33. The monoisotopic (exact) mass is 780 g/mol. The Morgan fingerprint density at radius 2 is 0.764 bits per heavy atom. The molecule has 2 aromatic heterocycles. The second kappa shape index (κ2) is 13.8. The van der Waals surface area contributed by atoms with Crippen LogP contribution in [0, 0.1) is 50.4 Å². The summed E-state index contributed by atoms with van der Waals surface area (Å²) in [6.45, 7) is 5.97. The van der Waals surface area contributed by atoms with E-state index in [-0.39, 0.29) is 32.0 Å². The number of hydrogen-bond acceptors (Lipinski definition) is 6. The third kappa shape index (κ3) is 6.25. The molecule has 0 aliphatic heterocycles. The first-order chi connectivity index (χ1) is 26.1. The van der Waals surface area contributed by atoms with Crippen molar-refractivity contribution in [3.63, 3.8) is 0 Å². The minimum Gasteiger partial charge on any atom is -0.356 e. The fraction of sp³-hybridized carbons (Fsp3) is 0.163. The number of nitriles is 2. The average molecular weight is 781 g/mol. The zero-order valence-corrected chi connectivity index (χ0v) is 31.3. The zero-order chi connectivity index (χ0) is 39.4. The molecule has 4 nitrogen and oxygen atoms in total. The van der Waals surface area contributed by atoms with Crippen molar-refractivity contribution in [3.05, 3.63) is 140 Å². The third-order valence-electron chi connectivity index (χ3n) is 9.71. The normalized spacial score (nSPS) is 15.4. The maximum absolute atomic E-state index is 16.1. The second-order valence-electron chi connectivity index (χ2n) is 13.2. The predicted octanol–water partition coefficient (Wildman–Crippen LogP) is 13.4. The number of hydrogen-bond donors (Lipinski definition) is 2. The lowest BCUT2D eigenvalue weighted by Gasteiger charge is -2.26. The molecule has 0 spiro atoms. The molecule has 0 saturated heterocycles. The molecule has 2 N–H and O–H groups in total. The van der Waals surface area contributed by atoms with Crippen LogP contribution in [0.4, 0.5) is 49.1 Å². The van der Waals surface area contributed by atoms with E-state index in [9.17, 15) is 0 Å². The van der Waals surface area contributed by atoms with Gasteiger partial charge in [0.05, 0.1) is 23.3 Å². The number of rotatable bonds is 8. The van der Waals surface area contributed by atoms with Crippen molar-refractivity contribution in [2.75, 3.05) is 10.6 Å². The Bertz CT molecular complexity index is 2380. The summed E-state index contributed by atoms with van der Waals surface area (Å²) < 4.78 is 95.5. The first-order valence-electron chi connectivity index (χ1n) is 16.9. The Labute approximate surface area is 321 Å². The predicted molar refractivity (Wildman–Crippen MR) is 209 cm³/mol. The van der Waals surface area contributed by atoms with Gasteiger partial charge in [-0.3, -0.25) is 0 Å². The van der Waals surface area contributed by atoms with Gasteiger partial charge in [-0.15, -0.1) is 22.7 Å². The number of anilines is 4. The highest BCUT2D eigenvalue weighted by Gasteiger charge is 2.80. The Kier molecular flexibility index (Phi) is 9.40. The van der Waals surface area contributed by atoms with E-state index in [1.54, 1.807) is 97.1 Å². The lowest BCUT2D eigenvalue weighted by Crippen LogP contribution is -2.49. The van der Waals surface area contributed by atoms with E-state index in [0.29, 0.717) is 43.4 Å². The fourth-order valence-electron chi connectivity index (χ4n) is 6.98. The highest BCUT2D eigenvalue weighted by molar-refractivity contribution is 7.16. The molecular weight excluding hydrogens is 751 g/mol. The first kappa shape index (κ1) is 37.5. The van der Waals surface area contributed by atoms with Crippen LogP contribution in [0.5, 0.6) is 0 Å². The van der Waals surface area contributed by atoms with Crippen molar-refractivity contribution >= 4 is 56.6 Å². The highest BCUT2D eigenvalue weighted by Crippen LogP contribution is 2.67. The summed E-state index contributed by atoms with van der Waals surface area (Å²) in [6, 6.07) is 31.8. The number of aryl methyl sites for hydroxylation is 2. The summed E-state index contributed by atoms with van der Waals surface area (Å²) >= 11 is 2.16. The van der Waals surface area contributed by atoms with Crippen molar-refractivity contribution in [1.29, 1.82) is 10.5 Å². The molecular formula is C43H30F6N4S2. The van der Waals surface area contributed by atoms with E-state index in [2.05, 4.69) is 22.8 Å². The number of alkyl halides is 6. The molecule has 0 radical (unpaired) electrons. The van der Waals surface area contributed by atoms with E-state index in [1.807, 2.05) is 0 Å². The number of nitrogens with one attached hydrogen (secondary N) is 2. The van der Waals surface area contributed by atoms with Gasteiger partial charge in [-0.2, -0.15) is 36.9 Å². The smallest absolute Gasteiger partial charge is 0.356 e. The topological polar surface area (TPSA) is 71.6 Å². The molecule has 7 rings (SSSR count). The van der Waals surface area contributed by atoms with Gasteiger partial charge in [0.2, 0.25) is 0 Å². The molecule has 12 heteroatoms. The molecule has 0 fully saturated rings. The van der Waals surface area contributed by atoms with Crippen molar-refractivity contribution in [2.24, 2.45) is 0 Å². The van der Waals surface area contributed by atoms with E-state index in [0.717, 1.165) is 34.0 Å². The lowest BCUT2D eigenvalue weighted by molar-refractivity contribution is -0.254. The first-order valence-corrected chi connectivity index (χ1v) is 18.6. The van der Waals surface area contributed by atoms with Gasteiger partial charge in [0.15, 0.2) is 0 Å². The molecule has 55 heavy (non-hydrogen) atoms. The largest absolute Gasteiger partial charge is 0.380 e.